The van der Waals surface area contributed by atoms with Gasteiger partial charge in [0.05, 0.1) is 22.7 Å². The van der Waals surface area contributed by atoms with Crippen molar-refractivity contribution < 1.29 is 18.3 Å². The zero-order valence-corrected chi connectivity index (χ0v) is 13.6. The van der Waals surface area contributed by atoms with Gasteiger partial charge in [-0.3, -0.25) is 0 Å². The molecule has 3 fully saturated rings. The summed E-state index contributed by atoms with van der Waals surface area (Å²) < 4.78 is 30.6. The molecule has 2 aliphatic heterocycles. The zero-order chi connectivity index (χ0) is 14.9. The Morgan fingerprint density at radius 1 is 1.05 bits per heavy atom. The van der Waals surface area contributed by atoms with E-state index in [1.54, 1.807) is 0 Å². The molecule has 3 unspecified atom stereocenters. The summed E-state index contributed by atoms with van der Waals surface area (Å²) in [7, 11) is -3.11. The Balaban J connectivity index is 1.70. The lowest BCUT2D eigenvalue weighted by atomic mass is 9.74. The lowest BCUT2D eigenvalue weighted by molar-refractivity contribution is -0.133. The molecule has 3 rings (SSSR count). The van der Waals surface area contributed by atoms with Crippen LogP contribution >= 0.6 is 0 Å². The number of aliphatic hydroxyl groups excluding tert-OH is 1. The average Bonchev–Trinajstić information content (AvgIpc) is 2.47. The Kier molecular flexibility index (Phi) is 4.63. The molecule has 21 heavy (non-hydrogen) atoms. The first kappa shape index (κ1) is 15.8. The van der Waals surface area contributed by atoms with Crippen molar-refractivity contribution in [3.63, 3.8) is 0 Å². The van der Waals surface area contributed by atoms with Crippen LogP contribution < -0.4 is 0 Å². The normalized spacial score (nSPS) is 37.2. The fraction of sp³-hybridized carbons (Fsp3) is 1.00. The van der Waals surface area contributed by atoms with Crippen molar-refractivity contribution in [1.82, 2.24) is 0 Å². The summed E-state index contributed by atoms with van der Waals surface area (Å²) in [4.78, 5) is 0. The van der Waals surface area contributed by atoms with Crippen LogP contribution in [0.4, 0.5) is 0 Å². The van der Waals surface area contributed by atoms with Gasteiger partial charge in [-0.15, -0.1) is 0 Å². The average molecular weight is 316 g/mol. The van der Waals surface area contributed by atoms with Gasteiger partial charge >= 0.3 is 0 Å². The largest absolute Gasteiger partial charge is 0.391 e. The summed E-state index contributed by atoms with van der Waals surface area (Å²) in [5, 5.41) is 10.2. The number of aliphatic hydroxyl groups is 1. The van der Waals surface area contributed by atoms with Gasteiger partial charge in [-0.25, -0.2) is 8.42 Å². The fourth-order valence-electron chi connectivity index (χ4n) is 4.57. The third kappa shape index (κ3) is 3.30. The highest BCUT2D eigenvalue weighted by Crippen LogP contribution is 2.43. The number of hydrogen-bond donors (Lipinski definition) is 1. The van der Waals surface area contributed by atoms with Crippen LogP contribution in [0.2, 0.25) is 0 Å². The van der Waals surface area contributed by atoms with Gasteiger partial charge in [-0.05, 0) is 44.4 Å². The smallest absolute Gasteiger partial charge is 0.155 e. The van der Waals surface area contributed by atoms with Crippen LogP contribution in [0, 0.1) is 5.92 Å². The minimum absolute atomic E-state index is 0.0689. The first-order chi connectivity index (χ1) is 10.0. The third-order valence-corrected chi connectivity index (χ3v) is 8.08. The van der Waals surface area contributed by atoms with E-state index in [0.717, 1.165) is 38.5 Å². The molecular formula is C16H28O4S. The molecule has 0 aromatic heterocycles. The molecule has 3 atom stereocenters. The van der Waals surface area contributed by atoms with E-state index in [1.165, 1.54) is 19.3 Å². The molecule has 1 saturated carbocycles. The molecule has 0 radical (unpaired) electrons. The van der Waals surface area contributed by atoms with Crippen LogP contribution in [0.25, 0.3) is 0 Å². The van der Waals surface area contributed by atoms with Gasteiger partial charge in [0.25, 0.3) is 0 Å². The van der Waals surface area contributed by atoms with Crippen molar-refractivity contribution in [2.24, 2.45) is 5.92 Å². The first-order valence-electron chi connectivity index (χ1n) is 8.56. The Hall–Kier alpha value is -0.130. The molecule has 0 aromatic carbocycles. The molecule has 2 saturated heterocycles. The molecule has 122 valence electrons. The molecule has 3 aliphatic rings. The van der Waals surface area contributed by atoms with Crippen LogP contribution in [0.15, 0.2) is 0 Å². The highest BCUT2D eigenvalue weighted by molar-refractivity contribution is 7.92. The van der Waals surface area contributed by atoms with Crippen molar-refractivity contribution >= 4 is 9.84 Å². The topological polar surface area (TPSA) is 63.6 Å². The van der Waals surface area contributed by atoms with Crippen molar-refractivity contribution in [2.75, 3.05) is 12.4 Å². The van der Waals surface area contributed by atoms with E-state index >= 15 is 0 Å². The Bertz CT molecular complexity index is 447. The minimum atomic E-state index is -3.11. The maximum absolute atomic E-state index is 12.2. The second-order valence-electron chi connectivity index (χ2n) is 7.24. The summed E-state index contributed by atoms with van der Waals surface area (Å²) in [5.74, 6) is 0.345. The zero-order valence-electron chi connectivity index (χ0n) is 12.8. The second kappa shape index (κ2) is 6.17. The summed E-state index contributed by atoms with van der Waals surface area (Å²) in [6, 6.07) is 0. The van der Waals surface area contributed by atoms with Crippen molar-refractivity contribution in [3.8, 4) is 0 Å². The molecular weight excluding hydrogens is 288 g/mol. The maximum atomic E-state index is 12.2. The fourth-order valence-corrected chi connectivity index (χ4v) is 6.65. The molecule has 0 aromatic rings. The molecule has 1 spiro atoms. The number of hydrogen-bond acceptors (Lipinski definition) is 4. The van der Waals surface area contributed by atoms with E-state index in [1.807, 2.05) is 0 Å². The maximum Gasteiger partial charge on any atom is 0.155 e. The predicted octanol–water partition coefficient (Wildman–Crippen LogP) is 2.44. The van der Waals surface area contributed by atoms with Crippen LogP contribution in [0.1, 0.15) is 64.2 Å². The quantitative estimate of drug-likeness (QED) is 0.850. The minimum Gasteiger partial charge on any atom is -0.391 e. The molecule has 2 heterocycles. The molecule has 1 N–H and O–H groups in total. The molecule has 0 bridgehead atoms. The molecule has 1 aliphatic carbocycles. The Morgan fingerprint density at radius 2 is 1.81 bits per heavy atom. The molecule has 0 amide bonds. The van der Waals surface area contributed by atoms with E-state index in [0.29, 0.717) is 13.0 Å². The second-order valence-corrected chi connectivity index (χ2v) is 9.58. The standard InChI is InChI=1S/C16H28O4S/c17-15(14-6-2-5-11-21(14,18)19)13-7-10-20-16(12-13)8-3-1-4-9-16/h13-15,17H,1-12H2. The number of rotatable bonds is 2. The summed E-state index contributed by atoms with van der Waals surface area (Å²) in [6.45, 7) is 0.675. The van der Waals surface area contributed by atoms with Crippen LogP contribution in [-0.2, 0) is 14.6 Å². The lowest BCUT2D eigenvalue weighted by Gasteiger charge is -2.45. The van der Waals surface area contributed by atoms with E-state index in [-0.39, 0.29) is 17.3 Å². The third-order valence-electron chi connectivity index (χ3n) is 5.79. The van der Waals surface area contributed by atoms with E-state index in [4.69, 9.17) is 4.74 Å². The summed E-state index contributed by atoms with van der Waals surface area (Å²) in [5.41, 5.74) is -0.0689. The monoisotopic (exact) mass is 316 g/mol. The van der Waals surface area contributed by atoms with Gasteiger partial charge in [0.15, 0.2) is 9.84 Å². The van der Waals surface area contributed by atoms with Gasteiger partial charge < -0.3 is 9.84 Å². The van der Waals surface area contributed by atoms with Gasteiger partial charge in [0.1, 0.15) is 0 Å². The number of ether oxygens (including phenoxy) is 1. The highest BCUT2D eigenvalue weighted by atomic mass is 32.2. The first-order valence-corrected chi connectivity index (χ1v) is 10.3. The lowest BCUT2D eigenvalue weighted by Crippen LogP contribution is -2.49. The van der Waals surface area contributed by atoms with Gasteiger partial charge in [-0.2, -0.15) is 0 Å². The number of sulfone groups is 1. The SMILES string of the molecule is O=S1(=O)CCCCC1C(O)C1CCOC2(CCCCC2)C1. The van der Waals surface area contributed by atoms with Gasteiger partial charge in [-0.1, -0.05) is 25.7 Å². The summed E-state index contributed by atoms with van der Waals surface area (Å²) in [6.07, 6.45) is 9.09. The van der Waals surface area contributed by atoms with Crippen molar-refractivity contribution in [3.05, 3.63) is 0 Å². The van der Waals surface area contributed by atoms with Crippen LogP contribution in [0.3, 0.4) is 0 Å². The Labute approximate surface area is 128 Å². The van der Waals surface area contributed by atoms with Gasteiger partial charge in [0.2, 0.25) is 0 Å². The van der Waals surface area contributed by atoms with Crippen molar-refractivity contribution in [1.29, 1.82) is 0 Å². The van der Waals surface area contributed by atoms with Gasteiger partial charge in [0, 0.05) is 6.61 Å². The summed E-state index contributed by atoms with van der Waals surface area (Å²) >= 11 is 0. The predicted molar refractivity (Wildman–Crippen MR) is 81.9 cm³/mol. The molecule has 4 nitrogen and oxygen atoms in total. The van der Waals surface area contributed by atoms with E-state index in [9.17, 15) is 13.5 Å². The highest BCUT2D eigenvalue weighted by Gasteiger charge is 2.45. The van der Waals surface area contributed by atoms with Crippen LogP contribution in [0.5, 0.6) is 0 Å². The van der Waals surface area contributed by atoms with E-state index < -0.39 is 21.2 Å². The Morgan fingerprint density at radius 3 is 2.52 bits per heavy atom. The van der Waals surface area contributed by atoms with Crippen molar-refractivity contribution in [2.45, 2.75) is 81.2 Å². The molecule has 5 heteroatoms. The van der Waals surface area contributed by atoms with Crippen LogP contribution in [-0.4, -0.2) is 42.8 Å². The van der Waals surface area contributed by atoms with E-state index in [2.05, 4.69) is 0 Å².